The van der Waals surface area contributed by atoms with Gasteiger partial charge in [-0.1, -0.05) is 12.7 Å². The number of rotatable bonds is 5. The van der Waals surface area contributed by atoms with Gasteiger partial charge in [0.15, 0.2) is 0 Å². The third-order valence-corrected chi connectivity index (χ3v) is 3.33. The highest BCUT2D eigenvalue weighted by atomic mass is 79.9. The van der Waals surface area contributed by atoms with Crippen LogP contribution in [0.3, 0.4) is 0 Å². The second kappa shape index (κ2) is 6.17. The molecule has 6 heteroatoms. The fourth-order valence-electron chi connectivity index (χ4n) is 0.705. The predicted octanol–water partition coefficient (Wildman–Crippen LogP) is 1.78. The zero-order chi connectivity index (χ0) is 10.4. The van der Waals surface area contributed by atoms with Crippen molar-refractivity contribution in [2.45, 2.75) is 6.10 Å². The molecule has 13 heavy (non-hydrogen) atoms. The van der Waals surface area contributed by atoms with E-state index in [2.05, 4.69) is 22.5 Å². The molecule has 0 aliphatic heterocycles. The molecule has 0 amide bonds. The Bertz CT molecular complexity index is 242. The molecule has 0 saturated heterocycles. The molecule has 0 spiro atoms. The van der Waals surface area contributed by atoms with Crippen molar-refractivity contribution in [1.29, 1.82) is 0 Å². The van der Waals surface area contributed by atoms with E-state index in [1.54, 1.807) is 6.26 Å². The first kappa shape index (κ1) is 12.7. The lowest BCUT2D eigenvalue weighted by molar-refractivity contribution is -0.488. The van der Waals surface area contributed by atoms with Crippen LogP contribution >= 0.6 is 27.7 Å². The predicted molar refractivity (Wildman–Crippen MR) is 57.5 cm³/mol. The zero-order valence-corrected chi connectivity index (χ0v) is 9.47. The Morgan fingerprint density at radius 1 is 1.92 bits per heavy atom. The number of aliphatic hydroxyl groups excluding tert-OH is 1. The summed E-state index contributed by atoms with van der Waals surface area (Å²) in [5.41, 5.74) is 0.448. The Hall–Kier alpha value is -0.330. The summed E-state index contributed by atoms with van der Waals surface area (Å²) in [7, 11) is 0. The number of hydrogen-bond donors (Lipinski definition) is 1. The summed E-state index contributed by atoms with van der Waals surface area (Å²) in [6.45, 7) is 2.97. The molecule has 0 radical (unpaired) electrons. The minimum atomic E-state index is -1.10. The number of aliphatic hydroxyl groups is 1. The molecule has 0 aliphatic rings. The molecule has 0 aliphatic carbocycles. The number of nitrogens with zero attached hydrogens (tertiary/aromatic N) is 1. The van der Waals surface area contributed by atoms with E-state index in [0.717, 1.165) is 0 Å². The van der Waals surface area contributed by atoms with Crippen molar-refractivity contribution in [3.63, 3.8) is 0 Å². The van der Waals surface area contributed by atoms with E-state index in [1.165, 1.54) is 17.8 Å². The van der Waals surface area contributed by atoms with Crippen LogP contribution in [0.1, 0.15) is 0 Å². The second-order valence-corrected chi connectivity index (χ2v) is 4.30. The normalized spacial score (nSPS) is 14.7. The van der Waals surface area contributed by atoms with Crippen molar-refractivity contribution in [3.05, 3.63) is 32.2 Å². The van der Waals surface area contributed by atoms with E-state index in [9.17, 15) is 15.2 Å². The molecule has 0 aromatic carbocycles. The van der Waals surface area contributed by atoms with Crippen LogP contribution in [-0.4, -0.2) is 28.9 Å². The van der Waals surface area contributed by atoms with Gasteiger partial charge in [-0.3, -0.25) is 10.1 Å². The molecule has 1 N–H and O–H groups in total. The summed E-state index contributed by atoms with van der Waals surface area (Å²) in [5, 5.41) is 19.5. The Balaban J connectivity index is 4.58. The van der Waals surface area contributed by atoms with Crippen LogP contribution in [0, 0.1) is 10.1 Å². The third kappa shape index (κ3) is 4.44. The first-order valence-corrected chi connectivity index (χ1v) is 5.40. The fourth-order valence-corrected chi connectivity index (χ4v) is 1.59. The van der Waals surface area contributed by atoms with Gasteiger partial charge in [-0.15, -0.1) is 11.8 Å². The molecule has 0 fully saturated rings. The van der Waals surface area contributed by atoms with Crippen LogP contribution in [0.4, 0.5) is 0 Å². The summed E-state index contributed by atoms with van der Waals surface area (Å²) in [6, 6.07) is 0. The number of hydrogen-bond acceptors (Lipinski definition) is 4. The average Bonchev–Trinajstić information content (AvgIpc) is 2.03. The molecule has 74 valence electrons. The Kier molecular flexibility index (Phi) is 6.02. The van der Waals surface area contributed by atoms with Crippen molar-refractivity contribution in [3.8, 4) is 0 Å². The lowest BCUT2D eigenvalue weighted by atomic mass is 10.2. The lowest BCUT2D eigenvalue weighted by Gasteiger charge is -2.08. The second-order valence-electron chi connectivity index (χ2n) is 2.17. The Morgan fingerprint density at radius 2 is 2.46 bits per heavy atom. The molecular weight excluding hydrogens is 258 g/mol. The first-order chi connectivity index (χ1) is 6.02. The van der Waals surface area contributed by atoms with Crippen molar-refractivity contribution in [2.24, 2.45) is 0 Å². The van der Waals surface area contributed by atoms with Gasteiger partial charge in [-0.05, 0) is 22.2 Å². The van der Waals surface area contributed by atoms with E-state index in [-0.39, 0.29) is 0 Å². The summed E-state index contributed by atoms with van der Waals surface area (Å²) < 4.78 is 0.664. The molecule has 0 aromatic rings. The molecule has 0 saturated carbocycles. The highest BCUT2D eigenvalue weighted by Crippen LogP contribution is 2.26. The third-order valence-electron chi connectivity index (χ3n) is 1.31. The largest absolute Gasteiger partial charge is 0.381 e. The molecule has 0 aromatic heterocycles. The van der Waals surface area contributed by atoms with Crippen molar-refractivity contribution in [2.75, 3.05) is 12.8 Å². The van der Waals surface area contributed by atoms with Gasteiger partial charge < -0.3 is 5.11 Å². The van der Waals surface area contributed by atoms with Gasteiger partial charge in [-0.2, -0.15) is 0 Å². The lowest BCUT2D eigenvalue weighted by Crippen LogP contribution is -2.21. The topological polar surface area (TPSA) is 63.4 Å². The molecule has 1 atom stereocenters. The van der Waals surface area contributed by atoms with Crippen molar-refractivity contribution >= 4 is 27.7 Å². The standard InChI is InChI=1S/C7H10BrNO3S/c1-3-5(7(8)13-2)6(10)4-9(11)12/h3,6,10H,1,4H2,2H3/b7-5+. The van der Waals surface area contributed by atoms with Gasteiger partial charge in [0.2, 0.25) is 6.54 Å². The molecule has 4 nitrogen and oxygen atoms in total. The number of thioether (sulfide) groups is 1. The molecule has 0 bridgehead atoms. The van der Waals surface area contributed by atoms with E-state index in [0.29, 0.717) is 9.39 Å². The molecule has 0 rings (SSSR count). The summed E-state index contributed by atoms with van der Waals surface area (Å²) in [5.74, 6) is 0. The van der Waals surface area contributed by atoms with Gasteiger partial charge in [0.05, 0.1) is 3.81 Å². The van der Waals surface area contributed by atoms with E-state index < -0.39 is 17.6 Å². The minimum Gasteiger partial charge on any atom is -0.381 e. The maximum absolute atomic E-state index is 10.1. The van der Waals surface area contributed by atoms with Crippen LogP contribution in [0.2, 0.25) is 0 Å². The van der Waals surface area contributed by atoms with Crippen molar-refractivity contribution < 1.29 is 10.0 Å². The summed E-state index contributed by atoms with van der Waals surface area (Å²) >= 11 is 4.54. The molecule has 0 heterocycles. The van der Waals surface area contributed by atoms with Gasteiger partial charge in [0, 0.05) is 10.5 Å². The minimum absolute atomic E-state index is 0.448. The monoisotopic (exact) mass is 267 g/mol. The van der Waals surface area contributed by atoms with Crippen LogP contribution in [0.15, 0.2) is 22.0 Å². The van der Waals surface area contributed by atoms with Gasteiger partial charge in [0.1, 0.15) is 6.10 Å². The summed E-state index contributed by atoms with van der Waals surface area (Å²) in [6.07, 6.45) is 2.11. The van der Waals surface area contributed by atoms with E-state index >= 15 is 0 Å². The smallest absolute Gasteiger partial charge is 0.233 e. The Labute approximate surface area is 89.0 Å². The molecular formula is C7H10BrNO3S. The van der Waals surface area contributed by atoms with Crippen LogP contribution in [-0.2, 0) is 0 Å². The fraction of sp³-hybridized carbons (Fsp3) is 0.429. The maximum atomic E-state index is 10.1. The highest BCUT2D eigenvalue weighted by Gasteiger charge is 2.17. The van der Waals surface area contributed by atoms with Crippen LogP contribution in [0.5, 0.6) is 0 Å². The first-order valence-electron chi connectivity index (χ1n) is 3.38. The van der Waals surface area contributed by atoms with Crippen LogP contribution in [0.25, 0.3) is 0 Å². The quantitative estimate of drug-likeness (QED) is 0.469. The maximum Gasteiger partial charge on any atom is 0.233 e. The zero-order valence-electron chi connectivity index (χ0n) is 7.07. The molecule has 1 unspecified atom stereocenters. The number of nitro groups is 1. The van der Waals surface area contributed by atoms with Crippen LogP contribution < -0.4 is 0 Å². The van der Waals surface area contributed by atoms with Gasteiger partial charge in [-0.25, -0.2) is 0 Å². The highest BCUT2D eigenvalue weighted by molar-refractivity contribution is 9.14. The van der Waals surface area contributed by atoms with Gasteiger partial charge >= 0.3 is 0 Å². The summed E-state index contributed by atoms with van der Waals surface area (Å²) in [4.78, 5) is 9.55. The van der Waals surface area contributed by atoms with Gasteiger partial charge in [0.25, 0.3) is 0 Å². The van der Waals surface area contributed by atoms with Crippen molar-refractivity contribution in [1.82, 2.24) is 0 Å². The number of halogens is 1. The van der Waals surface area contributed by atoms with E-state index in [4.69, 9.17) is 0 Å². The average molecular weight is 268 g/mol. The Morgan fingerprint density at radius 3 is 2.77 bits per heavy atom. The SMILES string of the molecule is C=C/C(=C(/Br)SC)C(O)C[N+](=O)[O-]. The van der Waals surface area contributed by atoms with E-state index in [1.807, 2.05) is 0 Å².